The Morgan fingerprint density at radius 1 is 1.00 bits per heavy atom. The summed E-state index contributed by atoms with van der Waals surface area (Å²) in [5.41, 5.74) is -3.64. The first-order valence-electron chi connectivity index (χ1n) is 10.8. The van der Waals surface area contributed by atoms with Gasteiger partial charge in [-0.15, -0.1) is 0 Å². The van der Waals surface area contributed by atoms with E-state index < -0.39 is 56.9 Å². The largest absolute Gasteiger partial charge is 0.416 e. The van der Waals surface area contributed by atoms with Crippen molar-refractivity contribution in [2.75, 3.05) is 26.0 Å². The number of amides is 1. The lowest BCUT2D eigenvalue weighted by Gasteiger charge is -2.30. The van der Waals surface area contributed by atoms with Gasteiger partial charge in [0.05, 0.1) is 40.5 Å². The molecule has 14 heteroatoms. The third kappa shape index (κ3) is 7.52. The highest BCUT2D eigenvalue weighted by Crippen LogP contribution is 2.41. The van der Waals surface area contributed by atoms with E-state index in [-0.39, 0.29) is 42.2 Å². The third-order valence-electron chi connectivity index (χ3n) is 6.12. The minimum atomic E-state index is -5.03. The number of carbonyl (C=O) groups is 1. The molecule has 0 saturated carbocycles. The second-order valence-corrected chi connectivity index (χ2v) is 11.3. The Balaban J connectivity index is 1.87. The minimum absolute atomic E-state index is 0.000905. The Morgan fingerprint density at radius 2 is 1.59 bits per heavy atom. The van der Waals surface area contributed by atoms with Crippen LogP contribution in [-0.2, 0) is 43.3 Å². The molecule has 1 saturated heterocycles. The van der Waals surface area contributed by atoms with Crippen molar-refractivity contribution in [3.05, 3.63) is 68.7 Å². The molecule has 37 heavy (non-hydrogen) atoms. The van der Waals surface area contributed by atoms with Gasteiger partial charge in [0, 0.05) is 18.5 Å². The van der Waals surface area contributed by atoms with Crippen LogP contribution in [0.15, 0.2) is 36.4 Å². The van der Waals surface area contributed by atoms with Crippen molar-refractivity contribution < 1.29 is 43.7 Å². The lowest BCUT2D eigenvalue weighted by molar-refractivity contribution is -0.143. The van der Waals surface area contributed by atoms with E-state index in [4.69, 9.17) is 27.4 Å². The van der Waals surface area contributed by atoms with Gasteiger partial charge in [0.2, 0.25) is 5.91 Å². The Hall–Kier alpha value is -2.02. The summed E-state index contributed by atoms with van der Waals surface area (Å²) in [7, 11) is -3.75. The second-order valence-electron chi connectivity index (χ2n) is 8.84. The van der Waals surface area contributed by atoms with Crippen LogP contribution < -0.4 is 0 Å². The van der Waals surface area contributed by atoms with Crippen molar-refractivity contribution in [2.45, 2.75) is 37.0 Å². The van der Waals surface area contributed by atoms with Crippen LogP contribution in [0.2, 0.25) is 10.0 Å². The fourth-order valence-corrected chi connectivity index (χ4v) is 4.98. The number of carbonyl (C=O) groups excluding carboxylic acids is 1. The molecule has 3 rings (SSSR count). The molecular weight excluding hydrogens is 571 g/mol. The molecule has 0 unspecified atom stereocenters. The molecule has 2 aromatic rings. The quantitative estimate of drug-likeness (QED) is 0.288. The van der Waals surface area contributed by atoms with Crippen LogP contribution in [0, 0.1) is 0 Å². The minimum Gasteiger partial charge on any atom is -0.341 e. The van der Waals surface area contributed by atoms with Crippen LogP contribution in [0.1, 0.15) is 35.1 Å². The summed E-state index contributed by atoms with van der Waals surface area (Å²) in [5.74, 6) is -0.682. The number of likely N-dealkylation sites (tertiary alicyclic amines) is 1. The van der Waals surface area contributed by atoms with E-state index in [1.807, 2.05) is 0 Å². The van der Waals surface area contributed by atoms with Crippen LogP contribution >= 0.6 is 23.2 Å². The van der Waals surface area contributed by atoms with Gasteiger partial charge < -0.3 is 4.90 Å². The average molecular weight is 592 g/mol. The van der Waals surface area contributed by atoms with Gasteiger partial charge >= 0.3 is 12.4 Å². The van der Waals surface area contributed by atoms with Crippen LogP contribution in [0.25, 0.3) is 0 Å². The van der Waals surface area contributed by atoms with Gasteiger partial charge in [-0.3, -0.25) is 8.98 Å². The standard InChI is InChI=1S/C23H21Cl2F6NO4S/c1-37(34,35)36-7-5-21(15-2-3-18(24)19(25)12-15)4-6-32(13-21)20(33)10-14-8-16(22(26,27)28)11-17(9-14)23(29,30)31/h2-3,8-9,11-12H,4-7,10,13H2,1H3/t21-/m0/s1. The summed E-state index contributed by atoms with van der Waals surface area (Å²) in [6.07, 6.45) is -9.41. The monoisotopic (exact) mass is 591 g/mol. The molecule has 0 aliphatic carbocycles. The van der Waals surface area contributed by atoms with Crippen LogP contribution in [0.5, 0.6) is 0 Å². The van der Waals surface area contributed by atoms with Crippen LogP contribution in [-0.4, -0.2) is 45.2 Å². The molecule has 0 aromatic heterocycles. The van der Waals surface area contributed by atoms with Gasteiger partial charge in [0.25, 0.3) is 10.1 Å². The van der Waals surface area contributed by atoms with E-state index >= 15 is 0 Å². The van der Waals surface area contributed by atoms with E-state index in [0.29, 0.717) is 24.1 Å². The fourth-order valence-electron chi connectivity index (χ4n) is 4.29. The number of benzene rings is 2. The van der Waals surface area contributed by atoms with E-state index in [1.54, 1.807) is 12.1 Å². The zero-order valence-corrected chi connectivity index (χ0v) is 21.5. The zero-order chi connectivity index (χ0) is 27.8. The Bertz CT molecular complexity index is 1250. The topological polar surface area (TPSA) is 63.7 Å². The van der Waals surface area contributed by atoms with E-state index in [1.165, 1.54) is 11.0 Å². The first-order chi connectivity index (χ1) is 16.9. The molecule has 1 atom stereocenters. The fraction of sp³-hybridized carbons (Fsp3) is 0.435. The van der Waals surface area contributed by atoms with Crippen molar-refractivity contribution in [1.29, 1.82) is 0 Å². The molecule has 1 amide bonds. The molecule has 0 bridgehead atoms. The Kier molecular flexibility index (Phi) is 8.48. The van der Waals surface area contributed by atoms with E-state index in [0.717, 1.165) is 6.26 Å². The zero-order valence-electron chi connectivity index (χ0n) is 19.2. The maximum Gasteiger partial charge on any atom is 0.416 e. The number of halogens is 8. The number of rotatable bonds is 7. The van der Waals surface area contributed by atoms with Gasteiger partial charge in [-0.1, -0.05) is 29.3 Å². The number of alkyl halides is 6. The number of nitrogens with zero attached hydrogens (tertiary/aromatic N) is 1. The van der Waals surface area contributed by atoms with Crippen molar-refractivity contribution in [3.63, 3.8) is 0 Å². The van der Waals surface area contributed by atoms with E-state index in [2.05, 4.69) is 0 Å². The molecule has 204 valence electrons. The Labute approximate surface area is 219 Å². The number of hydrogen-bond acceptors (Lipinski definition) is 4. The van der Waals surface area contributed by atoms with Gasteiger partial charge in [0.15, 0.2) is 0 Å². The Morgan fingerprint density at radius 3 is 2.11 bits per heavy atom. The summed E-state index contributed by atoms with van der Waals surface area (Å²) >= 11 is 12.1. The second kappa shape index (κ2) is 10.6. The summed E-state index contributed by atoms with van der Waals surface area (Å²) in [6.45, 7) is -0.0747. The molecule has 1 aliphatic rings. The van der Waals surface area contributed by atoms with Gasteiger partial charge in [-0.2, -0.15) is 34.8 Å². The summed E-state index contributed by atoms with van der Waals surface area (Å²) in [4.78, 5) is 14.3. The highest BCUT2D eigenvalue weighted by molar-refractivity contribution is 7.85. The average Bonchev–Trinajstić information content (AvgIpc) is 3.19. The normalized spacial score (nSPS) is 18.9. The molecule has 1 aliphatic heterocycles. The lowest BCUT2D eigenvalue weighted by Crippen LogP contribution is -2.36. The number of hydrogen-bond donors (Lipinski definition) is 0. The predicted molar refractivity (Wildman–Crippen MR) is 125 cm³/mol. The predicted octanol–water partition coefficient (Wildman–Crippen LogP) is 6.11. The molecular formula is C23H21Cl2F6NO4S. The SMILES string of the molecule is CS(=O)(=O)OCC[C@@]1(c2ccc(Cl)c(Cl)c2)CCN(C(=O)Cc2cc(C(F)(F)F)cc(C(F)(F)F)c2)C1. The summed E-state index contributed by atoms with van der Waals surface area (Å²) in [5, 5.41) is 0.486. The van der Waals surface area contributed by atoms with Crippen molar-refractivity contribution in [3.8, 4) is 0 Å². The molecule has 0 spiro atoms. The van der Waals surface area contributed by atoms with Crippen molar-refractivity contribution in [1.82, 2.24) is 4.90 Å². The molecule has 0 radical (unpaired) electrons. The molecule has 0 N–H and O–H groups in total. The summed E-state index contributed by atoms with van der Waals surface area (Å²) in [6, 6.07) is 5.81. The highest BCUT2D eigenvalue weighted by Gasteiger charge is 2.42. The maximum atomic E-state index is 13.2. The van der Waals surface area contributed by atoms with E-state index in [9.17, 15) is 39.6 Å². The van der Waals surface area contributed by atoms with Crippen LogP contribution in [0.4, 0.5) is 26.3 Å². The smallest absolute Gasteiger partial charge is 0.341 e. The molecule has 5 nitrogen and oxygen atoms in total. The summed E-state index contributed by atoms with van der Waals surface area (Å²) < 4.78 is 107. The van der Waals surface area contributed by atoms with Gasteiger partial charge in [-0.05, 0) is 54.3 Å². The first kappa shape index (κ1) is 29.5. The highest BCUT2D eigenvalue weighted by atomic mass is 35.5. The van der Waals surface area contributed by atoms with Gasteiger partial charge in [0.1, 0.15) is 0 Å². The third-order valence-corrected chi connectivity index (χ3v) is 7.45. The van der Waals surface area contributed by atoms with Gasteiger partial charge in [-0.25, -0.2) is 0 Å². The maximum absolute atomic E-state index is 13.2. The molecule has 2 aromatic carbocycles. The molecule has 1 fully saturated rings. The first-order valence-corrected chi connectivity index (χ1v) is 13.3. The lowest BCUT2D eigenvalue weighted by atomic mass is 9.77. The molecule has 1 heterocycles. The van der Waals surface area contributed by atoms with Crippen molar-refractivity contribution >= 4 is 39.2 Å². The van der Waals surface area contributed by atoms with Crippen LogP contribution in [0.3, 0.4) is 0 Å². The van der Waals surface area contributed by atoms with Crippen molar-refractivity contribution in [2.24, 2.45) is 0 Å².